The monoisotopic (exact) mass is 506 g/mol. The number of imidazole rings is 1. The minimum absolute atomic E-state index is 0.143. The summed E-state index contributed by atoms with van der Waals surface area (Å²) in [5, 5.41) is -4.35. The molecule has 2 rings (SSSR count). The molecule has 1 aromatic heterocycles. The summed E-state index contributed by atoms with van der Waals surface area (Å²) in [5.41, 5.74) is -2.41. The van der Waals surface area contributed by atoms with Crippen molar-refractivity contribution in [3.63, 3.8) is 0 Å². The highest BCUT2D eigenvalue weighted by Gasteiger charge is 2.39. The van der Waals surface area contributed by atoms with Crippen LogP contribution in [0, 0.1) is 0 Å². The summed E-state index contributed by atoms with van der Waals surface area (Å²) >= 11 is 17.0. The molecule has 1 aromatic carbocycles. The molecule has 0 saturated heterocycles. The largest absolute Gasteiger partial charge is 0.416 e. The van der Waals surface area contributed by atoms with Crippen LogP contribution in [0.4, 0.5) is 22.0 Å². The summed E-state index contributed by atoms with van der Waals surface area (Å²) in [7, 11) is -10.0. The molecule has 1 heterocycles. The number of halogens is 8. The minimum Gasteiger partial charge on any atom is -0.269 e. The summed E-state index contributed by atoms with van der Waals surface area (Å²) in [6, 6.07) is 0.425. The van der Waals surface area contributed by atoms with Gasteiger partial charge in [0.15, 0.2) is 20.0 Å². The lowest BCUT2D eigenvalue weighted by atomic mass is 10.2. The van der Waals surface area contributed by atoms with Gasteiger partial charge in [0.1, 0.15) is 0 Å². The topological polar surface area (TPSA) is 86.1 Å². The van der Waals surface area contributed by atoms with Gasteiger partial charge in [0.2, 0.25) is 5.28 Å². The predicted molar refractivity (Wildman–Crippen MR) is 89.9 cm³/mol. The highest BCUT2D eigenvalue weighted by molar-refractivity contribution is 7.91. The van der Waals surface area contributed by atoms with Crippen molar-refractivity contribution in [3.8, 4) is 5.69 Å². The van der Waals surface area contributed by atoms with Crippen molar-refractivity contribution in [1.29, 1.82) is 0 Å². The number of aromatic nitrogens is 2. The van der Waals surface area contributed by atoms with Crippen molar-refractivity contribution in [2.45, 2.75) is 21.9 Å². The molecule has 0 fully saturated rings. The Bertz CT molecular complexity index is 1160. The number of alkyl halides is 5. The van der Waals surface area contributed by atoms with Crippen LogP contribution in [-0.2, 0) is 25.9 Å². The fourth-order valence-corrected chi connectivity index (χ4v) is 5.08. The summed E-state index contributed by atoms with van der Waals surface area (Å²) in [5.74, 6) is -4.02. The maximum Gasteiger partial charge on any atom is 0.416 e. The van der Waals surface area contributed by atoms with Gasteiger partial charge in [0.05, 0.1) is 21.2 Å². The van der Waals surface area contributed by atoms with Crippen LogP contribution in [0.5, 0.6) is 0 Å². The summed E-state index contributed by atoms with van der Waals surface area (Å²) < 4.78 is 113. The summed E-state index contributed by atoms with van der Waals surface area (Å²) in [6.45, 7) is 0. The average molecular weight is 508 g/mol. The molecule has 2 aromatic rings. The normalized spacial score (nSPS) is 13.4. The maximum atomic E-state index is 13.0. The van der Waals surface area contributed by atoms with Crippen LogP contribution in [0.1, 0.15) is 5.56 Å². The molecule has 28 heavy (non-hydrogen) atoms. The van der Waals surface area contributed by atoms with E-state index in [-0.39, 0.29) is 16.7 Å². The van der Waals surface area contributed by atoms with Gasteiger partial charge in [-0.1, -0.05) is 23.2 Å². The van der Waals surface area contributed by atoms with Crippen LogP contribution in [-0.4, -0.2) is 38.4 Å². The standard InChI is InChI=1S/C12H6Cl3F5N2O4S2/c1-27(23,24)6-3-4(12(18,19)20)2-5(13)7(6)22-9(8(14)21-10(22)15)28(25,26)11(16)17/h2-3,11H,1H3. The second-order valence-electron chi connectivity index (χ2n) is 5.19. The van der Waals surface area contributed by atoms with E-state index in [4.69, 9.17) is 34.8 Å². The molecule has 0 unspecified atom stereocenters. The molecule has 0 atom stereocenters. The highest BCUT2D eigenvalue weighted by atomic mass is 35.5. The van der Waals surface area contributed by atoms with Crippen LogP contribution >= 0.6 is 34.8 Å². The lowest BCUT2D eigenvalue weighted by Gasteiger charge is -2.17. The van der Waals surface area contributed by atoms with Crippen LogP contribution < -0.4 is 0 Å². The Morgan fingerprint density at radius 3 is 2.04 bits per heavy atom. The van der Waals surface area contributed by atoms with E-state index in [1.165, 1.54) is 0 Å². The average Bonchev–Trinajstić information content (AvgIpc) is 2.79. The third-order valence-electron chi connectivity index (χ3n) is 3.24. The molecule has 0 aliphatic heterocycles. The molecule has 0 bridgehead atoms. The van der Waals surface area contributed by atoms with Gasteiger partial charge in [-0.3, -0.25) is 4.57 Å². The molecule has 0 aliphatic rings. The van der Waals surface area contributed by atoms with E-state index in [0.717, 1.165) is 0 Å². The van der Waals surface area contributed by atoms with E-state index in [1.54, 1.807) is 0 Å². The smallest absolute Gasteiger partial charge is 0.269 e. The van der Waals surface area contributed by atoms with Gasteiger partial charge in [-0.25, -0.2) is 21.8 Å². The summed E-state index contributed by atoms with van der Waals surface area (Å²) in [4.78, 5) is 2.15. The lowest BCUT2D eigenvalue weighted by molar-refractivity contribution is -0.137. The SMILES string of the molecule is CS(=O)(=O)c1cc(C(F)(F)F)cc(Cl)c1-n1c(Cl)nc(Cl)c1S(=O)(=O)C(F)F. The predicted octanol–water partition coefficient (Wildman–Crippen LogP) is 4.25. The van der Waals surface area contributed by atoms with Gasteiger partial charge < -0.3 is 0 Å². The second kappa shape index (κ2) is 7.27. The summed E-state index contributed by atoms with van der Waals surface area (Å²) in [6.07, 6.45) is -4.52. The van der Waals surface area contributed by atoms with Crippen molar-refractivity contribution < 1.29 is 38.8 Å². The fourth-order valence-electron chi connectivity index (χ4n) is 2.11. The molecular formula is C12H6Cl3F5N2O4S2. The first-order chi connectivity index (χ1) is 12.5. The molecule has 0 aliphatic carbocycles. The molecular weight excluding hydrogens is 502 g/mol. The van der Waals surface area contributed by atoms with Crippen LogP contribution in [0.2, 0.25) is 15.5 Å². The number of rotatable bonds is 4. The van der Waals surface area contributed by atoms with E-state index in [2.05, 4.69) is 4.98 Å². The fraction of sp³-hybridized carbons (Fsp3) is 0.250. The Labute approximate surface area is 169 Å². The zero-order valence-electron chi connectivity index (χ0n) is 13.1. The lowest BCUT2D eigenvalue weighted by Crippen LogP contribution is -2.18. The van der Waals surface area contributed by atoms with Crippen molar-refractivity contribution in [3.05, 3.63) is 33.2 Å². The first-order valence-corrected chi connectivity index (χ1v) is 11.1. The Morgan fingerprint density at radius 2 is 1.61 bits per heavy atom. The molecule has 0 spiro atoms. The molecule has 0 saturated carbocycles. The highest BCUT2D eigenvalue weighted by Crippen LogP contribution is 2.41. The zero-order valence-corrected chi connectivity index (χ0v) is 17.0. The number of hydrogen-bond donors (Lipinski definition) is 0. The van der Waals surface area contributed by atoms with E-state index in [1.807, 2.05) is 0 Å². The first kappa shape index (κ1) is 23.1. The van der Waals surface area contributed by atoms with E-state index < -0.39 is 68.2 Å². The quantitative estimate of drug-likeness (QED) is 0.578. The Morgan fingerprint density at radius 1 is 1.07 bits per heavy atom. The molecule has 0 N–H and O–H groups in total. The van der Waals surface area contributed by atoms with Gasteiger partial charge >= 0.3 is 11.9 Å². The third-order valence-corrected chi connectivity index (χ3v) is 6.65. The van der Waals surface area contributed by atoms with E-state index >= 15 is 0 Å². The molecule has 156 valence electrons. The Balaban J connectivity index is 3.07. The first-order valence-electron chi connectivity index (χ1n) is 6.56. The minimum atomic E-state index is -5.51. The van der Waals surface area contributed by atoms with Crippen molar-refractivity contribution in [1.82, 2.24) is 9.55 Å². The third kappa shape index (κ3) is 4.08. The molecule has 6 nitrogen and oxygen atoms in total. The van der Waals surface area contributed by atoms with Gasteiger partial charge in [0, 0.05) is 6.26 Å². The maximum absolute atomic E-state index is 13.0. The van der Waals surface area contributed by atoms with E-state index in [0.29, 0.717) is 6.26 Å². The van der Waals surface area contributed by atoms with E-state index in [9.17, 15) is 38.8 Å². The second-order valence-corrected chi connectivity index (χ2v) is 10.1. The van der Waals surface area contributed by atoms with Gasteiger partial charge in [-0.05, 0) is 23.7 Å². The molecule has 0 radical (unpaired) electrons. The number of hydrogen-bond acceptors (Lipinski definition) is 5. The number of nitrogens with zero attached hydrogens (tertiary/aromatic N) is 2. The Hall–Kier alpha value is -1.15. The van der Waals surface area contributed by atoms with Crippen molar-refractivity contribution >= 4 is 54.5 Å². The zero-order chi connectivity index (χ0) is 21.8. The Kier molecular flexibility index (Phi) is 6.01. The van der Waals surface area contributed by atoms with Crippen LogP contribution in [0.15, 0.2) is 22.1 Å². The number of sulfone groups is 2. The van der Waals surface area contributed by atoms with Crippen LogP contribution in [0.3, 0.4) is 0 Å². The van der Waals surface area contributed by atoms with Gasteiger partial charge in [-0.2, -0.15) is 22.0 Å². The van der Waals surface area contributed by atoms with Crippen molar-refractivity contribution in [2.24, 2.45) is 0 Å². The van der Waals surface area contributed by atoms with Crippen molar-refractivity contribution in [2.75, 3.05) is 6.26 Å². The van der Waals surface area contributed by atoms with Crippen LogP contribution in [0.25, 0.3) is 5.69 Å². The number of benzene rings is 1. The van der Waals surface area contributed by atoms with Gasteiger partial charge in [-0.15, -0.1) is 0 Å². The van der Waals surface area contributed by atoms with Gasteiger partial charge in [0.25, 0.3) is 9.84 Å². The molecule has 0 amide bonds. The molecule has 16 heteroatoms.